The molecule has 12 nitrogen and oxygen atoms in total. The number of carbonyl (C=O) groups excluding carboxylic acids is 3. The minimum Gasteiger partial charge on any atom is -0.449 e. The van der Waals surface area contributed by atoms with Crippen molar-refractivity contribution in [1.29, 1.82) is 0 Å². The number of hydrogen-bond acceptors (Lipinski definition) is 9. The summed E-state index contributed by atoms with van der Waals surface area (Å²) in [7, 11) is 0. The van der Waals surface area contributed by atoms with Crippen LogP contribution in [0.3, 0.4) is 0 Å². The molecule has 5 aliphatic heterocycles. The van der Waals surface area contributed by atoms with E-state index in [-0.39, 0.29) is 64.5 Å². The van der Waals surface area contributed by atoms with Crippen LogP contribution < -0.4 is 16.4 Å². The van der Waals surface area contributed by atoms with Gasteiger partial charge in [-0.25, -0.2) is 0 Å². The highest BCUT2D eigenvalue weighted by Crippen LogP contribution is 2.48. The maximum absolute atomic E-state index is 12.5. The van der Waals surface area contributed by atoms with Gasteiger partial charge in [0.05, 0.1) is 18.1 Å². The normalized spacial score (nSPS) is 30.5. The van der Waals surface area contributed by atoms with Gasteiger partial charge in [-0.05, 0) is 94.5 Å². The van der Waals surface area contributed by atoms with Crippen molar-refractivity contribution in [1.82, 2.24) is 25.3 Å². The molecule has 0 aromatic rings. The number of carbonyl (C=O) groups is 3. The molecule has 3 amide bonds. The lowest BCUT2D eigenvalue weighted by atomic mass is 9.62. The number of rotatable bonds is 7. The number of piperidine rings is 1. The van der Waals surface area contributed by atoms with Crippen LogP contribution in [-0.4, -0.2) is 137 Å². The van der Waals surface area contributed by atoms with E-state index in [1.807, 2.05) is 9.80 Å². The zero-order valence-electron chi connectivity index (χ0n) is 31.2. The Labute approximate surface area is 296 Å². The third-order valence-electron chi connectivity index (χ3n) is 12.2. The second kappa shape index (κ2) is 17.3. The number of likely N-dealkylation sites (tertiary alicyclic amines) is 3. The van der Waals surface area contributed by atoms with E-state index in [9.17, 15) is 29.5 Å². The van der Waals surface area contributed by atoms with Gasteiger partial charge in [-0.2, -0.15) is 0 Å². The molecule has 0 aromatic carbocycles. The second-order valence-corrected chi connectivity index (χ2v) is 16.7. The number of nitrogens with two attached hydrogens (primary N) is 1. The maximum Gasteiger partial charge on any atom is 0.309 e. The predicted molar refractivity (Wildman–Crippen MR) is 197 cm³/mol. The first-order valence-corrected chi connectivity index (χ1v) is 19.3. The summed E-state index contributed by atoms with van der Waals surface area (Å²) in [5, 5.41) is 35.6. The molecule has 5 saturated heterocycles. The van der Waals surface area contributed by atoms with Crippen LogP contribution in [0, 0.1) is 10.8 Å². The topological polar surface area (TPSA) is 172 Å². The lowest BCUT2D eigenvalue weighted by molar-refractivity contribution is -0.135. The largest absolute Gasteiger partial charge is 0.449 e. The first-order chi connectivity index (χ1) is 23.1. The van der Waals surface area contributed by atoms with Gasteiger partial charge in [0.25, 0.3) is 0 Å². The van der Waals surface area contributed by atoms with Gasteiger partial charge in [-0.3, -0.25) is 14.4 Å². The number of nitrogens with zero attached hydrogens (tertiary/aromatic N) is 3. The molecule has 6 aliphatic rings. The lowest BCUT2D eigenvalue weighted by Gasteiger charge is -2.33. The SMILES string of the molecule is CB(O)[C@@H]1CCCN1C(=O)[C@@H](N)C1(C)CC1.CB(O)[C@@H]1CCCN1C(=O)[C@@H]1CCCCN1.CB(O)[C@@H]1CCCN1C(=O)[C@H]1NCCC1(C)C. The summed E-state index contributed by atoms with van der Waals surface area (Å²) in [5.41, 5.74) is 6.07. The highest BCUT2D eigenvalue weighted by Gasteiger charge is 2.49. The molecule has 0 unspecified atom stereocenters. The van der Waals surface area contributed by atoms with Crippen molar-refractivity contribution < 1.29 is 29.5 Å². The van der Waals surface area contributed by atoms with Gasteiger partial charge >= 0.3 is 20.7 Å². The Kier molecular flexibility index (Phi) is 14.1. The molecule has 6 atom stereocenters. The van der Waals surface area contributed by atoms with E-state index in [0.717, 1.165) is 103 Å². The van der Waals surface area contributed by atoms with Gasteiger partial charge in [0, 0.05) is 37.5 Å². The molecule has 15 heteroatoms. The molecular formula is C34H65B3N6O6. The van der Waals surface area contributed by atoms with Gasteiger partial charge in [0.15, 0.2) is 0 Å². The van der Waals surface area contributed by atoms with Crippen LogP contribution in [0.4, 0.5) is 0 Å². The van der Waals surface area contributed by atoms with Gasteiger partial charge < -0.3 is 46.1 Å². The Morgan fingerprint density at radius 1 is 0.673 bits per heavy atom. The van der Waals surface area contributed by atoms with Crippen molar-refractivity contribution in [3.63, 3.8) is 0 Å². The zero-order chi connectivity index (χ0) is 36.1. The average molecular weight is 686 g/mol. The van der Waals surface area contributed by atoms with Gasteiger partial charge in [0.1, 0.15) is 0 Å². The molecule has 49 heavy (non-hydrogen) atoms. The molecule has 0 spiro atoms. The number of hydrogen-bond donors (Lipinski definition) is 6. The van der Waals surface area contributed by atoms with Gasteiger partial charge in [-0.15, -0.1) is 0 Å². The van der Waals surface area contributed by atoms with E-state index in [1.165, 1.54) is 6.42 Å². The van der Waals surface area contributed by atoms with Gasteiger partial charge in [-0.1, -0.05) is 47.7 Å². The first kappa shape index (κ1) is 40.1. The standard InChI is InChI=1S/C12H23BN2O2.2C11H21BN2O2/c1-12(2)6-7-14-10(12)11(16)15-8-4-5-9(15)13(3)17;1-11(5-6-11)9(13)10(15)14-7-3-4-8(14)12(2)16;1-12(16)10-6-4-8-14(10)11(15)9-5-2-3-7-13-9/h9-10,14,17H,4-8H2,1-3H3;8-9,16H,3-7,13H2,1-2H3;9-10,13,16H,2-8H2,1H3/t9-,10+;8-,9+;9-,10-/m000/s1. The highest BCUT2D eigenvalue weighted by atomic mass is 16.2. The van der Waals surface area contributed by atoms with Crippen LogP contribution >= 0.6 is 0 Å². The molecular weight excluding hydrogens is 621 g/mol. The van der Waals surface area contributed by atoms with E-state index in [2.05, 4.69) is 31.4 Å². The molecule has 6 rings (SSSR count). The fraction of sp³-hybridized carbons (Fsp3) is 0.912. The van der Waals surface area contributed by atoms with Crippen LogP contribution in [0.2, 0.25) is 20.5 Å². The molecule has 6 fully saturated rings. The summed E-state index contributed by atoms with van der Waals surface area (Å²) in [4.78, 5) is 42.6. The molecule has 0 aromatic heterocycles. The lowest BCUT2D eigenvalue weighted by Crippen LogP contribution is -2.53. The fourth-order valence-corrected chi connectivity index (χ4v) is 8.50. The fourth-order valence-electron chi connectivity index (χ4n) is 8.50. The number of nitrogens with one attached hydrogen (secondary N) is 2. The Balaban J connectivity index is 0.000000166. The molecule has 276 valence electrons. The Bertz CT molecular complexity index is 1120. The summed E-state index contributed by atoms with van der Waals surface area (Å²) < 4.78 is 0. The van der Waals surface area contributed by atoms with Crippen molar-refractivity contribution in [2.24, 2.45) is 16.6 Å². The van der Waals surface area contributed by atoms with Gasteiger partial charge in [0.2, 0.25) is 17.7 Å². The van der Waals surface area contributed by atoms with Crippen molar-refractivity contribution in [2.75, 3.05) is 32.7 Å². The van der Waals surface area contributed by atoms with Crippen LogP contribution in [0.15, 0.2) is 0 Å². The third kappa shape index (κ3) is 9.83. The summed E-state index contributed by atoms with van der Waals surface area (Å²) in [5.74, 6) is 0.431. The van der Waals surface area contributed by atoms with Crippen molar-refractivity contribution >= 4 is 38.5 Å². The summed E-state index contributed by atoms with van der Waals surface area (Å²) >= 11 is 0. The maximum atomic E-state index is 12.5. The Hall–Kier alpha value is -1.64. The highest BCUT2D eigenvalue weighted by molar-refractivity contribution is 6.51. The van der Waals surface area contributed by atoms with Crippen LogP contribution in [0.25, 0.3) is 0 Å². The average Bonchev–Trinajstić information content (AvgIpc) is 3.63. The predicted octanol–water partition coefficient (Wildman–Crippen LogP) is 1.05. The first-order valence-electron chi connectivity index (χ1n) is 19.3. The summed E-state index contributed by atoms with van der Waals surface area (Å²) in [6, 6.07) is -0.471. The second-order valence-electron chi connectivity index (χ2n) is 16.7. The van der Waals surface area contributed by atoms with Crippen molar-refractivity contribution in [2.45, 2.75) is 154 Å². The van der Waals surface area contributed by atoms with Crippen molar-refractivity contribution in [3.05, 3.63) is 0 Å². The smallest absolute Gasteiger partial charge is 0.309 e. The van der Waals surface area contributed by atoms with Crippen LogP contribution in [0.1, 0.15) is 97.8 Å². The number of amides is 3. The van der Waals surface area contributed by atoms with E-state index < -0.39 is 20.7 Å². The minimum absolute atomic E-state index is 0.00639. The Morgan fingerprint density at radius 3 is 1.59 bits per heavy atom. The molecule has 0 radical (unpaired) electrons. The zero-order valence-corrected chi connectivity index (χ0v) is 31.2. The molecule has 5 heterocycles. The van der Waals surface area contributed by atoms with Crippen LogP contribution in [-0.2, 0) is 14.4 Å². The summed E-state index contributed by atoms with van der Waals surface area (Å²) in [6.07, 6.45) is 12.2. The Morgan fingerprint density at radius 2 is 1.16 bits per heavy atom. The quantitative estimate of drug-likeness (QED) is 0.214. The summed E-state index contributed by atoms with van der Waals surface area (Å²) in [6.45, 7) is 14.6. The van der Waals surface area contributed by atoms with E-state index in [0.29, 0.717) is 0 Å². The van der Waals surface area contributed by atoms with Crippen LogP contribution in [0.5, 0.6) is 0 Å². The third-order valence-corrected chi connectivity index (χ3v) is 12.2. The molecule has 1 saturated carbocycles. The molecule has 1 aliphatic carbocycles. The van der Waals surface area contributed by atoms with E-state index in [1.54, 1.807) is 25.4 Å². The van der Waals surface area contributed by atoms with E-state index >= 15 is 0 Å². The van der Waals surface area contributed by atoms with Crippen molar-refractivity contribution in [3.8, 4) is 0 Å². The molecule has 7 N–H and O–H groups in total. The monoisotopic (exact) mass is 687 g/mol. The minimum atomic E-state index is -0.453. The van der Waals surface area contributed by atoms with E-state index in [4.69, 9.17) is 5.73 Å². The molecule has 0 bridgehead atoms.